The van der Waals surface area contributed by atoms with Crippen molar-refractivity contribution in [1.29, 1.82) is 0 Å². The lowest BCUT2D eigenvalue weighted by atomic mass is 10.3. The summed E-state index contributed by atoms with van der Waals surface area (Å²) in [6, 6.07) is 7.94. The molecule has 0 aliphatic rings. The number of amides is 1. The van der Waals surface area contributed by atoms with Gasteiger partial charge >= 0.3 is 5.97 Å². The second-order valence-electron chi connectivity index (χ2n) is 3.78. The standard InChI is InChI=1S/C12H10ClN3O3/c1-16-10(12(18)19)6-9(15-16)11(17)14-8-5-3-2-4-7(8)13/h2-6H,1H3,(H,14,17)(H,18,19). The summed E-state index contributed by atoms with van der Waals surface area (Å²) < 4.78 is 1.13. The molecule has 0 atom stereocenters. The Labute approximate surface area is 113 Å². The number of benzene rings is 1. The Kier molecular flexibility index (Phi) is 3.52. The van der Waals surface area contributed by atoms with Crippen LogP contribution in [0.5, 0.6) is 0 Å². The topological polar surface area (TPSA) is 84.2 Å². The Hall–Kier alpha value is -2.34. The lowest BCUT2D eigenvalue weighted by molar-refractivity contribution is 0.0685. The number of nitrogens with zero attached hydrogens (tertiary/aromatic N) is 2. The second kappa shape index (κ2) is 5.11. The van der Waals surface area contributed by atoms with E-state index in [1.165, 1.54) is 13.1 Å². The summed E-state index contributed by atoms with van der Waals surface area (Å²) in [5.41, 5.74) is 0.390. The Morgan fingerprint density at radius 2 is 2.05 bits per heavy atom. The van der Waals surface area contributed by atoms with E-state index >= 15 is 0 Å². The summed E-state index contributed by atoms with van der Waals surface area (Å²) in [5.74, 6) is -1.66. The summed E-state index contributed by atoms with van der Waals surface area (Å²) in [6.45, 7) is 0. The number of para-hydroxylation sites is 1. The van der Waals surface area contributed by atoms with Gasteiger partial charge in [0.25, 0.3) is 5.91 Å². The molecular weight excluding hydrogens is 270 g/mol. The first-order valence-electron chi connectivity index (χ1n) is 5.32. The fraction of sp³-hybridized carbons (Fsp3) is 0.0833. The van der Waals surface area contributed by atoms with E-state index in [4.69, 9.17) is 16.7 Å². The van der Waals surface area contributed by atoms with Gasteiger partial charge in [0.2, 0.25) is 0 Å². The number of hydrogen-bond acceptors (Lipinski definition) is 3. The van der Waals surface area contributed by atoms with Gasteiger partial charge in [-0.1, -0.05) is 23.7 Å². The summed E-state index contributed by atoms with van der Waals surface area (Å²) in [4.78, 5) is 22.8. The van der Waals surface area contributed by atoms with E-state index < -0.39 is 11.9 Å². The molecule has 98 valence electrons. The minimum atomic E-state index is -1.15. The molecule has 0 saturated heterocycles. The fourth-order valence-electron chi connectivity index (χ4n) is 1.53. The molecule has 2 rings (SSSR count). The highest BCUT2D eigenvalue weighted by Crippen LogP contribution is 2.21. The fourth-order valence-corrected chi connectivity index (χ4v) is 1.71. The molecule has 2 N–H and O–H groups in total. The third kappa shape index (κ3) is 2.74. The number of carboxylic acids is 1. The number of aromatic carboxylic acids is 1. The summed E-state index contributed by atoms with van der Waals surface area (Å²) in [5, 5.41) is 15.7. The molecule has 6 nitrogen and oxygen atoms in total. The Bertz CT molecular complexity index is 651. The van der Waals surface area contributed by atoms with E-state index in [-0.39, 0.29) is 11.4 Å². The number of carbonyl (C=O) groups excluding carboxylic acids is 1. The van der Waals surface area contributed by atoms with Crippen LogP contribution in [-0.4, -0.2) is 26.8 Å². The van der Waals surface area contributed by atoms with E-state index in [1.54, 1.807) is 24.3 Å². The SMILES string of the molecule is Cn1nc(C(=O)Nc2ccccc2Cl)cc1C(=O)O. The zero-order chi connectivity index (χ0) is 14.0. The smallest absolute Gasteiger partial charge is 0.354 e. The van der Waals surface area contributed by atoms with Crippen LogP contribution in [0, 0.1) is 0 Å². The zero-order valence-corrected chi connectivity index (χ0v) is 10.7. The highest BCUT2D eigenvalue weighted by Gasteiger charge is 2.17. The van der Waals surface area contributed by atoms with E-state index in [2.05, 4.69) is 10.4 Å². The maximum absolute atomic E-state index is 11.9. The minimum absolute atomic E-state index is 0.0137. The zero-order valence-electron chi connectivity index (χ0n) is 9.92. The van der Waals surface area contributed by atoms with Crippen LogP contribution >= 0.6 is 11.6 Å². The molecule has 1 heterocycles. The van der Waals surface area contributed by atoms with Crippen molar-refractivity contribution in [3.05, 3.63) is 46.7 Å². The van der Waals surface area contributed by atoms with Crippen LogP contribution < -0.4 is 5.32 Å². The van der Waals surface area contributed by atoms with E-state index in [0.717, 1.165) is 4.68 Å². The van der Waals surface area contributed by atoms with Crippen LogP contribution in [0.15, 0.2) is 30.3 Å². The normalized spacial score (nSPS) is 10.2. The van der Waals surface area contributed by atoms with Crippen molar-refractivity contribution in [2.45, 2.75) is 0 Å². The van der Waals surface area contributed by atoms with Crippen LogP contribution in [0.1, 0.15) is 21.0 Å². The van der Waals surface area contributed by atoms with E-state index in [9.17, 15) is 9.59 Å². The van der Waals surface area contributed by atoms with Crippen molar-refractivity contribution in [3.63, 3.8) is 0 Å². The molecule has 0 saturated carbocycles. The quantitative estimate of drug-likeness (QED) is 0.900. The van der Waals surface area contributed by atoms with Gasteiger partial charge in [0.05, 0.1) is 10.7 Å². The predicted octanol–water partition coefficient (Wildman–Crippen LogP) is 2.02. The molecule has 19 heavy (non-hydrogen) atoms. The first-order valence-corrected chi connectivity index (χ1v) is 5.70. The monoisotopic (exact) mass is 279 g/mol. The second-order valence-corrected chi connectivity index (χ2v) is 4.18. The van der Waals surface area contributed by atoms with Gasteiger partial charge in [0.1, 0.15) is 5.69 Å². The molecule has 0 aliphatic carbocycles. The molecule has 0 fully saturated rings. The van der Waals surface area contributed by atoms with Crippen LogP contribution in [0.2, 0.25) is 5.02 Å². The summed E-state index contributed by atoms with van der Waals surface area (Å²) in [7, 11) is 1.45. The van der Waals surface area contributed by atoms with Gasteiger partial charge in [-0.3, -0.25) is 9.48 Å². The van der Waals surface area contributed by atoms with Gasteiger partial charge in [0.15, 0.2) is 5.69 Å². The maximum Gasteiger partial charge on any atom is 0.354 e. The van der Waals surface area contributed by atoms with Crippen LogP contribution in [0.3, 0.4) is 0 Å². The van der Waals surface area contributed by atoms with Gasteiger partial charge in [-0.05, 0) is 12.1 Å². The summed E-state index contributed by atoms with van der Waals surface area (Å²) in [6.07, 6.45) is 0. The van der Waals surface area contributed by atoms with Crippen molar-refractivity contribution in [2.24, 2.45) is 7.05 Å². The van der Waals surface area contributed by atoms with Crippen molar-refractivity contribution in [1.82, 2.24) is 9.78 Å². The predicted molar refractivity (Wildman–Crippen MR) is 69.6 cm³/mol. The van der Waals surface area contributed by atoms with Crippen LogP contribution in [-0.2, 0) is 7.05 Å². The molecular formula is C12H10ClN3O3. The molecule has 1 aromatic carbocycles. The molecule has 2 aromatic rings. The number of aromatic nitrogens is 2. The lowest BCUT2D eigenvalue weighted by Crippen LogP contribution is -2.13. The number of anilines is 1. The third-order valence-electron chi connectivity index (χ3n) is 2.45. The number of nitrogens with one attached hydrogen (secondary N) is 1. The lowest BCUT2D eigenvalue weighted by Gasteiger charge is -2.04. The van der Waals surface area contributed by atoms with E-state index in [0.29, 0.717) is 10.7 Å². The number of halogens is 1. The number of carbonyl (C=O) groups is 2. The van der Waals surface area contributed by atoms with Crippen molar-refractivity contribution in [2.75, 3.05) is 5.32 Å². The number of hydrogen-bond donors (Lipinski definition) is 2. The van der Waals surface area contributed by atoms with Crippen LogP contribution in [0.25, 0.3) is 0 Å². The Balaban J connectivity index is 2.24. The number of aryl methyl sites for hydroxylation is 1. The molecule has 0 radical (unpaired) electrons. The Morgan fingerprint density at radius 3 is 2.63 bits per heavy atom. The molecule has 1 aromatic heterocycles. The molecule has 0 bridgehead atoms. The highest BCUT2D eigenvalue weighted by molar-refractivity contribution is 6.33. The molecule has 0 unspecified atom stereocenters. The average molecular weight is 280 g/mol. The van der Waals surface area contributed by atoms with Crippen LogP contribution in [0.4, 0.5) is 5.69 Å². The first-order chi connectivity index (χ1) is 8.99. The average Bonchev–Trinajstić information content (AvgIpc) is 2.74. The first kappa shape index (κ1) is 13.1. The van der Waals surface area contributed by atoms with Gasteiger partial charge in [-0.25, -0.2) is 4.79 Å². The van der Waals surface area contributed by atoms with Gasteiger partial charge in [-0.15, -0.1) is 0 Å². The van der Waals surface area contributed by atoms with Crippen molar-refractivity contribution >= 4 is 29.2 Å². The number of rotatable bonds is 3. The van der Waals surface area contributed by atoms with Crippen molar-refractivity contribution < 1.29 is 14.7 Å². The van der Waals surface area contributed by atoms with Gasteiger partial charge in [0, 0.05) is 13.1 Å². The Morgan fingerprint density at radius 1 is 1.37 bits per heavy atom. The molecule has 1 amide bonds. The maximum atomic E-state index is 11.9. The van der Waals surface area contributed by atoms with Crippen molar-refractivity contribution in [3.8, 4) is 0 Å². The molecule has 0 aliphatic heterocycles. The molecule has 7 heteroatoms. The number of carboxylic acid groups (broad SMARTS) is 1. The van der Waals surface area contributed by atoms with E-state index in [1.807, 2.05) is 0 Å². The third-order valence-corrected chi connectivity index (χ3v) is 2.78. The van der Waals surface area contributed by atoms with Gasteiger partial charge in [-0.2, -0.15) is 5.10 Å². The molecule has 0 spiro atoms. The van der Waals surface area contributed by atoms with Gasteiger partial charge < -0.3 is 10.4 Å². The minimum Gasteiger partial charge on any atom is -0.477 e. The highest BCUT2D eigenvalue weighted by atomic mass is 35.5. The largest absolute Gasteiger partial charge is 0.477 e. The summed E-state index contributed by atoms with van der Waals surface area (Å²) >= 11 is 5.91.